The maximum Gasteiger partial charge on any atom is 0.269 e. The Hall–Kier alpha value is -4.05. The predicted octanol–water partition coefficient (Wildman–Crippen LogP) is 2.78. The molecule has 9 nitrogen and oxygen atoms in total. The van der Waals surface area contributed by atoms with E-state index in [-0.39, 0.29) is 18.0 Å². The van der Waals surface area contributed by atoms with Crippen molar-refractivity contribution >= 4 is 33.2 Å². The van der Waals surface area contributed by atoms with E-state index in [1.54, 1.807) is 61.5 Å². The molecule has 0 aliphatic heterocycles. The summed E-state index contributed by atoms with van der Waals surface area (Å²) in [5.74, 6) is -0.623. The molecule has 0 aliphatic rings. The number of para-hydroxylation sites is 1. The van der Waals surface area contributed by atoms with Gasteiger partial charge in [0.15, 0.2) is 0 Å². The van der Waals surface area contributed by atoms with Gasteiger partial charge in [-0.3, -0.25) is 24.7 Å². The van der Waals surface area contributed by atoms with Crippen LogP contribution >= 0.6 is 0 Å². The van der Waals surface area contributed by atoms with Gasteiger partial charge in [-0.1, -0.05) is 36.4 Å². The largest absolute Gasteiger partial charge is 0.495 e. The number of hydrazine groups is 1. The van der Waals surface area contributed by atoms with Gasteiger partial charge < -0.3 is 10.1 Å². The first-order valence-electron chi connectivity index (χ1n) is 10.5. The summed E-state index contributed by atoms with van der Waals surface area (Å²) < 4.78 is 33.2. The minimum Gasteiger partial charge on any atom is -0.495 e. The highest BCUT2D eigenvalue weighted by atomic mass is 32.2. The van der Waals surface area contributed by atoms with Gasteiger partial charge in [0.05, 0.1) is 29.9 Å². The maximum atomic E-state index is 13.3. The normalized spacial score (nSPS) is 10.8. The van der Waals surface area contributed by atoms with Crippen LogP contribution in [0.25, 0.3) is 0 Å². The van der Waals surface area contributed by atoms with Gasteiger partial charge in [-0.2, -0.15) is 0 Å². The third kappa shape index (κ3) is 5.84. The zero-order valence-corrected chi connectivity index (χ0v) is 19.6. The van der Waals surface area contributed by atoms with Crippen molar-refractivity contribution < 1.29 is 22.7 Å². The number of sulfonamides is 1. The number of rotatable bonds is 9. The Bertz CT molecular complexity index is 1230. The fourth-order valence-electron chi connectivity index (χ4n) is 3.21. The predicted molar refractivity (Wildman–Crippen MR) is 130 cm³/mol. The molecule has 3 aromatic rings. The molecule has 0 radical (unpaired) electrons. The molecule has 34 heavy (non-hydrogen) atoms. The van der Waals surface area contributed by atoms with Crippen LogP contribution < -0.4 is 25.2 Å². The van der Waals surface area contributed by atoms with Gasteiger partial charge in [0.1, 0.15) is 5.75 Å². The number of methoxy groups -OCH3 is 1. The van der Waals surface area contributed by atoms with Gasteiger partial charge in [-0.25, -0.2) is 8.42 Å². The highest BCUT2D eigenvalue weighted by Gasteiger charge is 2.24. The summed E-state index contributed by atoms with van der Waals surface area (Å²) in [4.78, 5) is 24.3. The molecule has 3 aromatic carbocycles. The van der Waals surface area contributed by atoms with Gasteiger partial charge >= 0.3 is 0 Å². The van der Waals surface area contributed by atoms with Crippen molar-refractivity contribution in [3.05, 3.63) is 84.4 Å². The molecule has 0 aromatic heterocycles. The number of amides is 2. The van der Waals surface area contributed by atoms with Crippen LogP contribution in [0.5, 0.6) is 5.75 Å². The Morgan fingerprint density at radius 2 is 1.56 bits per heavy atom. The van der Waals surface area contributed by atoms with Gasteiger partial charge in [0.25, 0.3) is 21.8 Å². The van der Waals surface area contributed by atoms with E-state index in [9.17, 15) is 18.0 Å². The number of carbonyl (C=O) groups is 2. The van der Waals surface area contributed by atoms with Gasteiger partial charge in [0, 0.05) is 12.1 Å². The van der Waals surface area contributed by atoms with E-state index in [1.165, 1.54) is 29.6 Å². The molecule has 3 rings (SSSR count). The summed E-state index contributed by atoms with van der Waals surface area (Å²) in [5, 5.41) is 2.87. The van der Waals surface area contributed by atoms with Crippen LogP contribution in [-0.4, -0.2) is 40.4 Å². The molecule has 0 fully saturated rings. The summed E-state index contributed by atoms with van der Waals surface area (Å²) in [7, 11) is -2.42. The Morgan fingerprint density at radius 3 is 2.18 bits per heavy atom. The van der Waals surface area contributed by atoms with E-state index in [0.29, 0.717) is 22.7 Å². The van der Waals surface area contributed by atoms with Crippen LogP contribution in [0.3, 0.4) is 0 Å². The van der Waals surface area contributed by atoms with Crippen LogP contribution in [0.1, 0.15) is 17.3 Å². The van der Waals surface area contributed by atoms with E-state index >= 15 is 0 Å². The average Bonchev–Trinajstić information content (AvgIpc) is 2.87. The van der Waals surface area contributed by atoms with E-state index in [1.807, 2.05) is 6.07 Å². The van der Waals surface area contributed by atoms with Crippen molar-refractivity contribution in [3.63, 3.8) is 0 Å². The fourth-order valence-corrected chi connectivity index (χ4v) is 4.71. The van der Waals surface area contributed by atoms with E-state index in [4.69, 9.17) is 4.74 Å². The summed E-state index contributed by atoms with van der Waals surface area (Å²) in [6, 6.07) is 21.6. The van der Waals surface area contributed by atoms with Crippen molar-refractivity contribution in [2.24, 2.45) is 0 Å². The molecule has 2 amide bonds. The fraction of sp³-hybridized carbons (Fsp3) is 0.167. The Balaban J connectivity index is 1.71. The zero-order chi connectivity index (χ0) is 24.6. The summed E-state index contributed by atoms with van der Waals surface area (Å²) in [5.41, 5.74) is 5.90. The molecule has 0 bridgehead atoms. The monoisotopic (exact) mass is 482 g/mol. The van der Waals surface area contributed by atoms with Crippen molar-refractivity contribution in [2.75, 3.05) is 29.8 Å². The highest BCUT2D eigenvalue weighted by molar-refractivity contribution is 7.92. The van der Waals surface area contributed by atoms with Gasteiger partial charge in [-0.15, -0.1) is 0 Å². The second-order valence-electron chi connectivity index (χ2n) is 7.09. The van der Waals surface area contributed by atoms with Crippen LogP contribution in [0.15, 0.2) is 83.8 Å². The lowest BCUT2D eigenvalue weighted by Gasteiger charge is -2.23. The number of anilines is 2. The first-order chi connectivity index (χ1) is 16.4. The number of hydrogen-bond donors (Lipinski definition) is 3. The molecule has 0 spiro atoms. The first kappa shape index (κ1) is 24.6. The quantitative estimate of drug-likeness (QED) is 0.404. The third-order valence-electron chi connectivity index (χ3n) is 4.88. The van der Waals surface area contributed by atoms with E-state index in [2.05, 4.69) is 16.2 Å². The van der Waals surface area contributed by atoms with E-state index in [0.717, 1.165) is 0 Å². The van der Waals surface area contributed by atoms with Crippen molar-refractivity contribution in [1.29, 1.82) is 0 Å². The van der Waals surface area contributed by atoms with Gasteiger partial charge in [0.2, 0.25) is 0 Å². The Kier molecular flexibility index (Phi) is 8.10. The van der Waals surface area contributed by atoms with Crippen LogP contribution in [-0.2, 0) is 14.8 Å². The molecule has 0 saturated carbocycles. The second kappa shape index (κ2) is 11.2. The second-order valence-corrected chi connectivity index (χ2v) is 8.95. The average molecular weight is 483 g/mol. The van der Waals surface area contributed by atoms with Crippen molar-refractivity contribution in [3.8, 4) is 5.75 Å². The number of carbonyl (C=O) groups excluding carboxylic acids is 2. The minimum absolute atomic E-state index is 0.0410. The van der Waals surface area contributed by atoms with E-state index < -0.39 is 21.8 Å². The van der Waals surface area contributed by atoms with Crippen molar-refractivity contribution in [1.82, 2.24) is 10.9 Å². The number of ether oxygens (including phenoxy) is 1. The van der Waals surface area contributed by atoms with Crippen LogP contribution in [0.2, 0.25) is 0 Å². The smallest absolute Gasteiger partial charge is 0.269 e. The standard InChI is InChI=1S/C24H26N4O5S/c1-3-28(19-12-8-5-9-13-19)34(31,32)20-14-15-22(33-2)21(16-20)25-17-23(29)26-27-24(30)18-10-6-4-7-11-18/h4-16,25H,3,17H2,1-2H3,(H,26,29)(H,27,30). The third-order valence-corrected chi connectivity index (χ3v) is 6.78. The molecule has 0 heterocycles. The molecule has 10 heteroatoms. The maximum absolute atomic E-state index is 13.3. The first-order valence-corrected chi connectivity index (χ1v) is 11.9. The summed E-state index contributed by atoms with van der Waals surface area (Å²) in [6.45, 7) is 1.76. The summed E-state index contributed by atoms with van der Waals surface area (Å²) in [6.07, 6.45) is 0. The van der Waals surface area contributed by atoms with Crippen LogP contribution in [0, 0.1) is 0 Å². The topological polar surface area (TPSA) is 117 Å². The van der Waals surface area contributed by atoms with Crippen LogP contribution in [0.4, 0.5) is 11.4 Å². The lowest BCUT2D eigenvalue weighted by Crippen LogP contribution is -2.44. The highest BCUT2D eigenvalue weighted by Crippen LogP contribution is 2.30. The number of nitrogens with zero attached hydrogens (tertiary/aromatic N) is 1. The minimum atomic E-state index is -3.86. The Morgan fingerprint density at radius 1 is 0.912 bits per heavy atom. The molecule has 0 aliphatic carbocycles. The number of hydrogen-bond acceptors (Lipinski definition) is 6. The van der Waals surface area contributed by atoms with Gasteiger partial charge in [-0.05, 0) is 49.4 Å². The molecule has 0 saturated heterocycles. The zero-order valence-electron chi connectivity index (χ0n) is 18.8. The Labute approximate surface area is 198 Å². The molecule has 0 unspecified atom stereocenters. The molecular formula is C24H26N4O5S. The lowest BCUT2D eigenvalue weighted by atomic mass is 10.2. The molecule has 178 valence electrons. The van der Waals surface area contributed by atoms with Crippen molar-refractivity contribution in [2.45, 2.75) is 11.8 Å². The number of nitrogens with one attached hydrogen (secondary N) is 3. The lowest BCUT2D eigenvalue weighted by molar-refractivity contribution is -0.120. The molecular weight excluding hydrogens is 456 g/mol. The SMILES string of the molecule is CCN(c1ccccc1)S(=O)(=O)c1ccc(OC)c(NCC(=O)NNC(=O)c2ccccc2)c1. The summed E-state index contributed by atoms with van der Waals surface area (Å²) >= 11 is 0. The molecule has 3 N–H and O–H groups in total. The number of benzene rings is 3. The molecule has 0 atom stereocenters.